The van der Waals surface area contributed by atoms with Crippen molar-refractivity contribution in [1.82, 2.24) is 15.5 Å². The van der Waals surface area contributed by atoms with Crippen molar-refractivity contribution in [3.05, 3.63) is 35.2 Å². The van der Waals surface area contributed by atoms with Crippen LogP contribution in [0.2, 0.25) is 5.02 Å². The van der Waals surface area contributed by atoms with Crippen molar-refractivity contribution in [2.45, 2.75) is 19.3 Å². The number of carbonyl (C=O) groups excluding carboxylic acids is 1. The Balaban J connectivity index is 1.56. The van der Waals surface area contributed by atoms with Gasteiger partial charge in [-0.05, 0) is 25.0 Å². The average Bonchev–Trinajstić information content (AvgIpc) is 3.21. The molecule has 23 heavy (non-hydrogen) atoms. The molecule has 1 aromatic carbocycles. The van der Waals surface area contributed by atoms with E-state index < -0.39 is 17.3 Å². The Morgan fingerprint density at radius 1 is 1.39 bits per heavy atom. The molecule has 1 aliphatic rings. The maximum Gasteiger partial charge on any atom is 0.319 e. The Kier molecular flexibility index (Phi) is 4.04. The first-order chi connectivity index (χ1) is 11.0. The second-order valence-electron chi connectivity index (χ2n) is 5.42. The molecule has 8 heteroatoms. The average molecular weight is 336 g/mol. The molecule has 1 fully saturated rings. The molecule has 0 radical (unpaired) electrons. The van der Waals surface area contributed by atoms with Crippen LogP contribution in [0.15, 0.2) is 28.8 Å². The fourth-order valence-electron chi connectivity index (χ4n) is 2.22. The molecule has 2 aromatic rings. The summed E-state index contributed by atoms with van der Waals surface area (Å²) in [5.74, 6) is -0.755. The standard InChI is InChI=1S/C15H14ClN3O4/c16-10-3-1-2-9(8-10)12-18-11(23-19-12)4-7-17-13(20)15(5-6-15)14(21)22/h1-3,8H,4-7H2,(H,17,20)(H,21,22). The number of halogens is 1. The molecule has 1 saturated carbocycles. The molecule has 0 bridgehead atoms. The molecule has 3 rings (SSSR count). The van der Waals surface area contributed by atoms with Gasteiger partial charge >= 0.3 is 5.97 Å². The number of benzene rings is 1. The smallest absolute Gasteiger partial charge is 0.319 e. The van der Waals surface area contributed by atoms with Crippen LogP contribution in [-0.4, -0.2) is 33.7 Å². The predicted octanol–water partition coefficient (Wildman–Crippen LogP) is 1.91. The molecule has 0 spiro atoms. The monoisotopic (exact) mass is 335 g/mol. The molecule has 0 saturated heterocycles. The van der Waals surface area contributed by atoms with Crippen molar-refractivity contribution >= 4 is 23.5 Å². The molecular weight excluding hydrogens is 322 g/mol. The number of aliphatic carboxylic acids is 1. The van der Waals surface area contributed by atoms with Crippen LogP contribution in [-0.2, 0) is 16.0 Å². The molecule has 7 nitrogen and oxygen atoms in total. The van der Waals surface area contributed by atoms with E-state index in [4.69, 9.17) is 21.2 Å². The third kappa shape index (κ3) is 3.19. The van der Waals surface area contributed by atoms with Crippen LogP contribution in [0.1, 0.15) is 18.7 Å². The molecular formula is C15H14ClN3O4. The first kappa shape index (κ1) is 15.5. The van der Waals surface area contributed by atoms with Gasteiger partial charge in [0.25, 0.3) is 0 Å². The number of hydrogen-bond donors (Lipinski definition) is 2. The molecule has 1 aromatic heterocycles. The van der Waals surface area contributed by atoms with Crippen LogP contribution in [0.4, 0.5) is 0 Å². The fourth-order valence-corrected chi connectivity index (χ4v) is 2.41. The summed E-state index contributed by atoms with van der Waals surface area (Å²) in [6, 6.07) is 7.07. The third-order valence-corrected chi connectivity index (χ3v) is 4.00. The minimum Gasteiger partial charge on any atom is -0.480 e. The van der Waals surface area contributed by atoms with Gasteiger partial charge in [-0.15, -0.1) is 0 Å². The van der Waals surface area contributed by atoms with Gasteiger partial charge in [-0.2, -0.15) is 4.98 Å². The van der Waals surface area contributed by atoms with Gasteiger partial charge in [0, 0.05) is 23.6 Å². The van der Waals surface area contributed by atoms with Crippen LogP contribution in [0.5, 0.6) is 0 Å². The highest BCUT2D eigenvalue weighted by Crippen LogP contribution is 2.46. The zero-order valence-corrected chi connectivity index (χ0v) is 12.8. The number of carbonyl (C=O) groups is 2. The Hall–Kier alpha value is -2.41. The quantitative estimate of drug-likeness (QED) is 0.781. The van der Waals surface area contributed by atoms with Crippen LogP contribution in [0.3, 0.4) is 0 Å². The van der Waals surface area contributed by atoms with Gasteiger partial charge in [-0.1, -0.05) is 28.9 Å². The first-order valence-electron chi connectivity index (χ1n) is 7.11. The lowest BCUT2D eigenvalue weighted by atomic mass is 10.1. The van der Waals surface area contributed by atoms with Crippen molar-refractivity contribution in [1.29, 1.82) is 0 Å². The summed E-state index contributed by atoms with van der Waals surface area (Å²) in [5.41, 5.74) is -0.500. The summed E-state index contributed by atoms with van der Waals surface area (Å²) in [4.78, 5) is 27.1. The van der Waals surface area contributed by atoms with Crippen LogP contribution in [0.25, 0.3) is 11.4 Å². The summed E-state index contributed by atoms with van der Waals surface area (Å²) in [7, 11) is 0. The zero-order valence-electron chi connectivity index (χ0n) is 12.1. The molecule has 1 aliphatic carbocycles. The van der Waals surface area contributed by atoms with Crippen molar-refractivity contribution in [2.24, 2.45) is 5.41 Å². The lowest BCUT2D eigenvalue weighted by Crippen LogP contribution is -2.37. The number of nitrogens with zero attached hydrogens (tertiary/aromatic N) is 2. The van der Waals surface area contributed by atoms with E-state index in [0.29, 0.717) is 36.0 Å². The highest BCUT2D eigenvalue weighted by molar-refractivity contribution is 6.30. The first-order valence-corrected chi connectivity index (χ1v) is 7.49. The van der Waals surface area contributed by atoms with Gasteiger partial charge < -0.3 is 14.9 Å². The zero-order chi connectivity index (χ0) is 16.4. The second-order valence-corrected chi connectivity index (χ2v) is 5.85. The lowest BCUT2D eigenvalue weighted by molar-refractivity contribution is -0.149. The molecule has 2 N–H and O–H groups in total. The lowest BCUT2D eigenvalue weighted by Gasteiger charge is -2.09. The van der Waals surface area contributed by atoms with E-state index in [1.807, 2.05) is 6.07 Å². The number of aromatic nitrogens is 2. The Labute approximate surface area is 136 Å². The molecule has 1 amide bonds. The molecule has 1 heterocycles. The van der Waals surface area contributed by atoms with E-state index >= 15 is 0 Å². The van der Waals surface area contributed by atoms with E-state index in [1.54, 1.807) is 18.2 Å². The summed E-state index contributed by atoms with van der Waals surface area (Å²) in [6.45, 7) is 0.241. The van der Waals surface area contributed by atoms with Gasteiger partial charge in [0.1, 0.15) is 5.41 Å². The Morgan fingerprint density at radius 2 is 2.17 bits per heavy atom. The number of rotatable bonds is 6. The minimum absolute atomic E-state index is 0.241. The highest BCUT2D eigenvalue weighted by atomic mass is 35.5. The number of hydrogen-bond acceptors (Lipinski definition) is 5. The summed E-state index contributed by atoms with van der Waals surface area (Å²) >= 11 is 5.91. The van der Waals surface area contributed by atoms with E-state index in [2.05, 4.69) is 15.5 Å². The van der Waals surface area contributed by atoms with Crippen LogP contribution >= 0.6 is 11.6 Å². The predicted molar refractivity (Wildman–Crippen MR) is 80.8 cm³/mol. The summed E-state index contributed by atoms with van der Waals surface area (Å²) in [6.07, 6.45) is 1.09. The van der Waals surface area contributed by atoms with Crippen molar-refractivity contribution < 1.29 is 19.2 Å². The van der Waals surface area contributed by atoms with E-state index in [1.165, 1.54) is 0 Å². The van der Waals surface area contributed by atoms with E-state index in [9.17, 15) is 9.59 Å². The molecule has 120 valence electrons. The molecule has 0 atom stereocenters. The van der Waals surface area contributed by atoms with Gasteiger partial charge in [-0.3, -0.25) is 9.59 Å². The van der Waals surface area contributed by atoms with Crippen LogP contribution < -0.4 is 5.32 Å². The normalized spacial score (nSPS) is 15.2. The van der Waals surface area contributed by atoms with Gasteiger partial charge in [-0.25, -0.2) is 0 Å². The minimum atomic E-state index is -1.24. The van der Waals surface area contributed by atoms with E-state index in [0.717, 1.165) is 5.56 Å². The Morgan fingerprint density at radius 3 is 2.83 bits per heavy atom. The maximum atomic E-state index is 11.8. The van der Waals surface area contributed by atoms with Crippen molar-refractivity contribution in [3.63, 3.8) is 0 Å². The number of nitrogens with one attached hydrogen (secondary N) is 1. The van der Waals surface area contributed by atoms with Crippen LogP contribution in [0, 0.1) is 5.41 Å². The topological polar surface area (TPSA) is 105 Å². The largest absolute Gasteiger partial charge is 0.480 e. The van der Waals surface area contributed by atoms with Gasteiger partial charge in [0.2, 0.25) is 17.6 Å². The molecule has 0 aliphatic heterocycles. The van der Waals surface area contributed by atoms with Gasteiger partial charge in [0.15, 0.2) is 0 Å². The molecule has 0 unspecified atom stereocenters. The SMILES string of the molecule is O=C(O)C1(C(=O)NCCc2nc(-c3cccc(Cl)c3)no2)CC1. The maximum absolute atomic E-state index is 11.8. The number of amides is 1. The van der Waals surface area contributed by atoms with Crippen molar-refractivity contribution in [3.8, 4) is 11.4 Å². The highest BCUT2D eigenvalue weighted by Gasteiger charge is 2.56. The third-order valence-electron chi connectivity index (χ3n) is 3.77. The van der Waals surface area contributed by atoms with Gasteiger partial charge in [0.05, 0.1) is 0 Å². The summed E-state index contributed by atoms with van der Waals surface area (Å²) < 4.78 is 5.12. The van der Waals surface area contributed by atoms with Crippen molar-refractivity contribution in [2.75, 3.05) is 6.54 Å². The second kappa shape index (κ2) is 6.00. The van der Waals surface area contributed by atoms with E-state index in [-0.39, 0.29) is 6.54 Å². The number of carboxylic acid groups (broad SMARTS) is 1. The number of carboxylic acids is 1. The fraction of sp³-hybridized carbons (Fsp3) is 0.333. The summed E-state index contributed by atoms with van der Waals surface area (Å²) in [5, 5.41) is 16.1. The Bertz CT molecular complexity index is 755.